The highest BCUT2D eigenvalue weighted by atomic mass is 79.9. The molecule has 28 heavy (non-hydrogen) atoms. The zero-order valence-electron chi connectivity index (χ0n) is 14.6. The topological polar surface area (TPSA) is 66.9 Å². The number of carbonyl (C=O) groups is 1. The summed E-state index contributed by atoms with van der Waals surface area (Å²) in [6, 6.07) is 12.0. The van der Waals surface area contributed by atoms with Crippen LogP contribution in [-0.2, 0) is 10.0 Å². The first-order valence-electron chi connectivity index (χ1n) is 8.38. The fourth-order valence-electron chi connectivity index (χ4n) is 2.89. The number of benzene rings is 2. The van der Waals surface area contributed by atoms with Crippen molar-refractivity contribution in [3.63, 3.8) is 0 Å². The molecule has 0 radical (unpaired) electrons. The van der Waals surface area contributed by atoms with Gasteiger partial charge in [-0.2, -0.15) is 13.1 Å². The number of carbonyl (C=O) groups excluding carboxylic acids is 1. The maximum Gasteiger partial charge on any atom is 0.387 e. The Balaban J connectivity index is 1.65. The minimum atomic E-state index is -3.66. The van der Waals surface area contributed by atoms with Crippen molar-refractivity contribution >= 4 is 31.9 Å². The minimum Gasteiger partial charge on any atom is -0.435 e. The first-order chi connectivity index (χ1) is 13.3. The summed E-state index contributed by atoms with van der Waals surface area (Å²) in [4.78, 5) is 14.3. The molecule has 1 fully saturated rings. The number of piperazine rings is 1. The van der Waals surface area contributed by atoms with Crippen molar-refractivity contribution in [3.05, 3.63) is 58.6 Å². The van der Waals surface area contributed by atoms with E-state index in [0.717, 1.165) is 0 Å². The second kappa shape index (κ2) is 8.54. The zero-order chi connectivity index (χ0) is 20.3. The molecule has 1 aliphatic rings. The Morgan fingerprint density at radius 3 is 2.18 bits per heavy atom. The van der Waals surface area contributed by atoms with E-state index >= 15 is 0 Å². The lowest BCUT2D eigenvalue weighted by Gasteiger charge is -2.34. The molecule has 0 atom stereocenters. The van der Waals surface area contributed by atoms with Crippen molar-refractivity contribution in [2.24, 2.45) is 0 Å². The monoisotopic (exact) mass is 474 g/mol. The molecule has 0 bridgehead atoms. The molecule has 1 saturated heterocycles. The van der Waals surface area contributed by atoms with Crippen molar-refractivity contribution in [2.45, 2.75) is 11.5 Å². The minimum absolute atomic E-state index is 0.0316. The highest BCUT2D eigenvalue weighted by Crippen LogP contribution is 2.26. The van der Waals surface area contributed by atoms with E-state index in [0.29, 0.717) is 10.0 Å². The second-order valence-corrected chi connectivity index (χ2v) is 8.79. The van der Waals surface area contributed by atoms with Crippen LogP contribution >= 0.6 is 15.9 Å². The molecular weight excluding hydrogens is 458 g/mol. The lowest BCUT2D eigenvalue weighted by molar-refractivity contribution is -0.0498. The summed E-state index contributed by atoms with van der Waals surface area (Å²) < 4.78 is 56.1. The van der Waals surface area contributed by atoms with Crippen LogP contribution in [0.3, 0.4) is 0 Å². The number of alkyl halides is 2. The number of rotatable bonds is 5. The summed E-state index contributed by atoms with van der Waals surface area (Å²) in [6.07, 6.45) is 0. The Hall–Kier alpha value is -2.04. The summed E-state index contributed by atoms with van der Waals surface area (Å²) in [7, 11) is -3.66. The molecule has 1 amide bonds. The highest BCUT2D eigenvalue weighted by Gasteiger charge is 2.31. The Labute approximate surface area is 169 Å². The normalized spacial score (nSPS) is 15.6. The van der Waals surface area contributed by atoms with Gasteiger partial charge in [-0.05, 0) is 52.3 Å². The van der Waals surface area contributed by atoms with Gasteiger partial charge in [-0.3, -0.25) is 4.79 Å². The Kier molecular flexibility index (Phi) is 6.31. The zero-order valence-corrected chi connectivity index (χ0v) is 17.0. The number of hydrogen-bond donors (Lipinski definition) is 0. The second-order valence-electron chi connectivity index (χ2n) is 6.03. The van der Waals surface area contributed by atoms with E-state index < -0.39 is 16.6 Å². The summed E-state index contributed by atoms with van der Waals surface area (Å²) in [6.45, 7) is -2.12. The van der Waals surface area contributed by atoms with Crippen LogP contribution in [0, 0.1) is 0 Å². The van der Waals surface area contributed by atoms with E-state index in [1.54, 1.807) is 18.2 Å². The molecule has 0 saturated carbocycles. The molecule has 150 valence electrons. The molecule has 1 heterocycles. The molecule has 2 aromatic rings. The molecule has 6 nitrogen and oxygen atoms in total. The molecule has 0 spiro atoms. The third-order valence-corrected chi connectivity index (χ3v) is 7.22. The maximum atomic E-state index is 12.8. The first kappa shape index (κ1) is 20.7. The molecule has 10 heteroatoms. The van der Waals surface area contributed by atoms with Gasteiger partial charge in [0.05, 0.1) is 4.90 Å². The molecule has 0 unspecified atom stereocenters. The van der Waals surface area contributed by atoms with Gasteiger partial charge in [0.25, 0.3) is 5.91 Å². The Bertz CT molecular complexity index is 946. The van der Waals surface area contributed by atoms with Crippen LogP contribution in [0.1, 0.15) is 10.4 Å². The van der Waals surface area contributed by atoms with Gasteiger partial charge < -0.3 is 9.64 Å². The SMILES string of the molecule is O=C(c1ccc(OC(F)F)cc1)N1CCN(S(=O)(=O)c2ccccc2Br)CC1. The smallest absolute Gasteiger partial charge is 0.387 e. The molecule has 3 rings (SSSR count). The van der Waals surface area contributed by atoms with E-state index in [1.807, 2.05) is 0 Å². The van der Waals surface area contributed by atoms with Crippen molar-refractivity contribution in [2.75, 3.05) is 26.2 Å². The van der Waals surface area contributed by atoms with Crippen molar-refractivity contribution in [3.8, 4) is 5.75 Å². The molecule has 2 aromatic carbocycles. The lowest BCUT2D eigenvalue weighted by atomic mass is 10.2. The number of hydrogen-bond acceptors (Lipinski definition) is 4. The number of halogens is 3. The number of nitrogens with zero attached hydrogens (tertiary/aromatic N) is 2. The average Bonchev–Trinajstić information content (AvgIpc) is 2.68. The van der Waals surface area contributed by atoms with Crippen LogP contribution in [0.2, 0.25) is 0 Å². The van der Waals surface area contributed by atoms with Crippen LogP contribution in [0.5, 0.6) is 5.75 Å². The van der Waals surface area contributed by atoms with E-state index in [2.05, 4.69) is 20.7 Å². The fraction of sp³-hybridized carbons (Fsp3) is 0.278. The largest absolute Gasteiger partial charge is 0.435 e. The number of amides is 1. The van der Waals surface area contributed by atoms with Gasteiger partial charge in [0.15, 0.2) is 0 Å². The van der Waals surface area contributed by atoms with E-state index in [9.17, 15) is 22.0 Å². The van der Waals surface area contributed by atoms with Gasteiger partial charge in [-0.1, -0.05) is 12.1 Å². The molecule has 0 aliphatic carbocycles. The van der Waals surface area contributed by atoms with Crippen LogP contribution in [0.15, 0.2) is 57.9 Å². The number of ether oxygens (including phenoxy) is 1. The van der Waals surface area contributed by atoms with Gasteiger partial charge in [-0.25, -0.2) is 8.42 Å². The molecule has 1 aliphatic heterocycles. The summed E-state index contributed by atoms with van der Waals surface area (Å²) >= 11 is 3.26. The van der Waals surface area contributed by atoms with Crippen LogP contribution < -0.4 is 4.74 Å². The van der Waals surface area contributed by atoms with Crippen LogP contribution in [-0.4, -0.2) is 56.3 Å². The van der Waals surface area contributed by atoms with Gasteiger partial charge in [0.1, 0.15) is 5.75 Å². The predicted molar refractivity (Wildman–Crippen MR) is 102 cm³/mol. The Morgan fingerprint density at radius 1 is 1.00 bits per heavy atom. The number of sulfonamides is 1. The van der Waals surface area contributed by atoms with Crippen molar-refractivity contribution in [1.29, 1.82) is 0 Å². The van der Waals surface area contributed by atoms with Gasteiger partial charge in [0.2, 0.25) is 10.0 Å². The van der Waals surface area contributed by atoms with Crippen LogP contribution in [0.25, 0.3) is 0 Å². The molecular formula is C18H17BrF2N2O4S. The standard InChI is InChI=1S/C18H17BrF2N2O4S/c19-15-3-1-2-4-16(15)28(25,26)23-11-9-22(10-12-23)17(24)13-5-7-14(8-6-13)27-18(20)21/h1-8,18H,9-12H2. The van der Waals surface area contributed by atoms with Crippen molar-refractivity contribution in [1.82, 2.24) is 9.21 Å². The molecule has 0 N–H and O–H groups in total. The summed E-state index contributed by atoms with van der Waals surface area (Å²) in [5, 5.41) is 0. The van der Waals surface area contributed by atoms with E-state index in [4.69, 9.17) is 0 Å². The van der Waals surface area contributed by atoms with Gasteiger partial charge in [0, 0.05) is 36.2 Å². The average molecular weight is 475 g/mol. The highest BCUT2D eigenvalue weighted by molar-refractivity contribution is 9.10. The quantitative estimate of drug-likeness (QED) is 0.667. The third kappa shape index (κ3) is 4.50. The molecule has 0 aromatic heterocycles. The summed E-state index contributed by atoms with van der Waals surface area (Å²) in [5.41, 5.74) is 0.323. The lowest BCUT2D eigenvalue weighted by Crippen LogP contribution is -2.50. The summed E-state index contributed by atoms with van der Waals surface area (Å²) in [5.74, 6) is -0.322. The predicted octanol–water partition coefficient (Wildman–Crippen LogP) is 3.20. The Morgan fingerprint density at radius 2 is 1.61 bits per heavy atom. The third-order valence-electron chi connectivity index (χ3n) is 4.31. The van der Waals surface area contributed by atoms with E-state index in [-0.39, 0.29) is 42.7 Å². The fourth-order valence-corrected chi connectivity index (χ4v) is 5.27. The maximum absolute atomic E-state index is 12.8. The first-order valence-corrected chi connectivity index (χ1v) is 10.6. The van der Waals surface area contributed by atoms with Crippen LogP contribution in [0.4, 0.5) is 8.78 Å². The van der Waals surface area contributed by atoms with Gasteiger partial charge in [-0.15, -0.1) is 0 Å². The van der Waals surface area contributed by atoms with E-state index in [1.165, 1.54) is 39.5 Å². The van der Waals surface area contributed by atoms with Crippen molar-refractivity contribution < 1.29 is 26.7 Å². The van der Waals surface area contributed by atoms with Gasteiger partial charge >= 0.3 is 6.61 Å².